The molecule has 1 heterocycles. The Morgan fingerprint density at radius 2 is 1.93 bits per heavy atom. The number of nitrogens with one attached hydrogen (secondary N) is 2. The summed E-state index contributed by atoms with van der Waals surface area (Å²) in [7, 11) is 1.30. The van der Waals surface area contributed by atoms with E-state index in [9.17, 15) is 14.4 Å². The Kier molecular flexibility index (Phi) is 6.79. The first-order valence-electron chi connectivity index (χ1n) is 8.88. The molecule has 0 aliphatic carbocycles. The summed E-state index contributed by atoms with van der Waals surface area (Å²) in [5, 5.41) is 4.00. The van der Waals surface area contributed by atoms with Gasteiger partial charge in [-0.3, -0.25) is 14.6 Å². The maximum Gasteiger partial charge on any atom is 0.408 e. The number of hydrazine groups is 1. The third kappa shape index (κ3) is 6.25. The van der Waals surface area contributed by atoms with Crippen LogP contribution in [-0.4, -0.2) is 54.3 Å². The molecule has 2 atom stereocenters. The van der Waals surface area contributed by atoms with Crippen molar-refractivity contribution < 1.29 is 23.9 Å². The molecule has 1 aliphatic rings. The van der Waals surface area contributed by atoms with Gasteiger partial charge in [-0.25, -0.2) is 10.2 Å². The van der Waals surface area contributed by atoms with Gasteiger partial charge in [0.05, 0.1) is 7.11 Å². The molecule has 2 amide bonds. The van der Waals surface area contributed by atoms with Crippen LogP contribution in [0.4, 0.5) is 4.79 Å². The maximum absolute atomic E-state index is 12.9. The Morgan fingerprint density at radius 3 is 2.52 bits per heavy atom. The summed E-state index contributed by atoms with van der Waals surface area (Å²) in [6.07, 6.45) is 0.0867. The summed E-state index contributed by atoms with van der Waals surface area (Å²) < 4.78 is 9.99. The Balaban J connectivity index is 2.10. The van der Waals surface area contributed by atoms with Gasteiger partial charge >= 0.3 is 12.1 Å². The van der Waals surface area contributed by atoms with E-state index < -0.39 is 29.7 Å². The number of hydrogen-bond acceptors (Lipinski definition) is 6. The third-order valence-electron chi connectivity index (χ3n) is 3.98. The lowest BCUT2D eigenvalue weighted by Gasteiger charge is -2.26. The zero-order valence-corrected chi connectivity index (χ0v) is 16.2. The molecule has 148 valence electrons. The predicted octanol–water partition coefficient (Wildman–Crippen LogP) is 1.40. The fraction of sp³-hybridized carbons (Fsp3) is 0.526. The van der Waals surface area contributed by atoms with Crippen LogP contribution >= 0.6 is 0 Å². The molecule has 27 heavy (non-hydrogen) atoms. The minimum absolute atomic E-state index is 0.306. The number of carbonyl (C=O) groups is 3. The second kappa shape index (κ2) is 8.85. The third-order valence-corrected chi connectivity index (χ3v) is 3.98. The van der Waals surface area contributed by atoms with Gasteiger partial charge in [-0.05, 0) is 32.8 Å². The van der Waals surface area contributed by atoms with Crippen molar-refractivity contribution in [2.45, 2.75) is 51.3 Å². The van der Waals surface area contributed by atoms with Crippen LogP contribution in [0.15, 0.2) is 30.3 Å². The van der Waals surface area contributed by atoms with Gasteiger partial charge in [-0.15, -0.1) is 0 Å². The van der Waals surface area contributed by atoms with Crippen LogP contribution in [0.25, 0.3) is 0 Å². The summed E-state index contributed by atoms with van der Waals surface area (Å²) in [5.74, 6) is -0.763. The lowest BCUT2D eigenvalue weighted by Crippen LogP contribution is -2.54. The number of esters is 1. The fourth-order valence-electron chi connectivity index (χ4n) is 2.75. The van der Waals surface area contributed by atoms with Gasteiger partial charge in [0.15, 0.2) is 0 Å². The van der Waals surface area contributed by atoms with Crippen molar-refractivity contribution in [2.24, 2.45) is 0 Å². The highest BCUT2D eigenvalue weighted by Gasteiger charge is 2.35. The molecular formula is C19H27N3O5. The first-order chi connectivity index (χ1) is 12.7. The minimum Gasteiger partial charge on any atom is -0.468 e. The number of methoxy groups -OCH3 is 1. The first-order valence-corrected chi connectivity index (χ1v) is 8.88. The van der Waals surface area contributed by atoms with E-state index in [2.05, 4.69) is 10.7 Å². The van der Waals surface area contributed by atoms with E-state index >= 15 is 0 Å². The van der Waals surface area contributed by atoms with Crippen LogP contribution in [0.2, 0.25) is 0 Å². The molecule has 2 rings (SSSR count). The van der Waals surface area contributed by atoms with Crippen molar-refractivity contribution in [3.8, 4) is 0 Å². The SMILES string of the molecule is COC(=O)[C@@H]1CCN(C(=O)[C@H](Cc2ccccc2)NC(=O)OC(C)(C)C)N1. The number of amides is 2. The molecule has 8 nitrogen and oxygen atoms in total. The molecule has 1 aliphatic heterocycles. The van der Waals surface area contributed by atoms with Gasteiger partial charge in [0.1, 0.15) is 17.7 Å². The van der Waals surface area contributed by atoms with Crippen LogP contribution in [0, 0.1) is 0 Å². The summed E-state index contributed by atoms with van der Waals surface area (Å²) in [6.45, 7) is 5.61. The smallest absolute Gasteiger partial charge is 0.408 e. The van der Waals surface area contributed by atoms with Gasteiger partial charge in [-0.2, -0.15) is 0 Å². The van der Waals surface area contributed by atoms with Gasteiger partial charge in [0.25, 0.3) is 5.91 Å². The standard InChI is InChI=1S/C19H27N3O5/c1-19(2,3)27-18(25)20-15(12-13-8-6-5-7-9-13)16(23)22-11-10-14(21-22)17(24)26-4/h5-9,14-15,21H,10-12H2,1-4H3,(H,20,25)/t14-,15-/m0/s1. The second-order valence-electron chi connectivity index (χ2n) is 7.37. The molecule has 8 heteroatoms. The van der Waals surface area contributed by atoms with Gasteiger partial charge in [0, 0.05) is 13.0 Å². The quantitative estimate of drug-likeness (QED) is 0.753. The first kappa shape index (κ1) is 20.7. The average molecular weight is 377 g/mol. The lowest BCUT2D eigenvalue weighted by molar-refractivity contribution is -0.144. The topological polar surface area (TPSA) is 97.0 Å². The van der Waals surface area contributed by atoms with E-state index in [-0.39, 0.29) is 5.91 Å². The van der Waals surface area contributed by atoms with E-state index in [0.29, 0.717) is 19.4 Å². The molecule has 1 saturated heterocycles. The highest BCUT2D eigenvalue weighted by molar-refractivity contribution is 5.87. The number of nitrogens with zero attached hydrogens (tertiary/aromatic N) is 1. The van der Waals surface area contributed by atoms with Crippen molar-refractivity contribution in [2.75, 3.05) is 13.7 Å². The van der Waals surface area contributed by atoms with Crippen LogP contribution < -0.4 is 10.7 Å². The van der Waals surface area contributed by atoms with Crippen LogP contribution in [-0.2, 0) is 25.5 Å². The molecule has 0 saturated carbocycles. The Labute approximate surface area is 159 Å². The Hall–Kier alpha value is -2.61. The molecule has 0 radical (unpaired) electrons. The number of ether oxygens (including phenoxy) is 2. The van der Waals surface area contributed by atoms with Crippen LogP contribution in [0.5, 0.6) is 0 Å². The van der Waals surface area contributed by atoms with Crippen LogP contribution in [0.3, 0.4) is 0 Å². The van der Waals surface area contributed by atoms with Gasteiger partial charge in [0.2, 0.25) is 0 Å². The summed E-state index contributed by atoms with van der Waals surface area (Å²) >= 11 is 0. The van der Waals surface area contributed by atoms with E-state index in [0.717, 1.165) is 5.56 Å². The van der Waals surface area contributed by atoms with Crippen molar-refractivity contribution >= 4 is 18.0 Å². The van der Waals surface area contributed by atoms with Crippen molar-refractivity contribution in [3.05, 3.63) is 35.9 Å². The van der Waals surface area contributed by atoms with Crippen molar-refractivity contribution in [3.63, 3.8) is 0 Å². The number of alkyl carbamates (subject to hydrolysis) is 1. The molecule has 0 bridgehead atoms. The van der Waals surface area contributed by atoms with Crippen LogP contribution in [0.1, 0.15) is 32.8 Å². The molecule has 1 aromatic carbocycles. The van der Waals surface area contributed by atoms with E-state index in [1.165, 1.54) is 12.1 Å². The monoisotopic (exact) mass is 377 g/mol. The number of rotatable bonds is 5. The molecule has 1 aromatic rings. The molecule has 0 unspecified atom stereocenters. The summed E-state index contributed by atoms with van der Waals surface area (Å²) in [4.78, 5) is 36.8. The van der Waals surface area contributed by atoms with Gasteiger partial charge < -0.3 is 14.8 Å². The number of carbonyl (C=O) groups excluding carboxylic acids is 3. The average Bonchev–Trinajstić information content (AvgIpc) is 3.09. The summed E-state index contributed by atoms with van der Waals surface area (Å²) in [5.41, 5.74) is 3.07. The zero-order chi connectivity index (χ0) is 20.0. The normalized spacial score (nSPS) is 17.9. The predicted molar refractivity (Wildman–Crippen MR) is 98.6 cm³/mol. The number of benzene rings is 1. The van der Waals surface area contributed by atoms with Gasteiger partial charge in [-0.1, -0.05) is 30.3 Å². The molecule has 2 N–H and O–H groups in total. The molecular weight excluding hydrogens is 350 g/mol. The largest absolute Gasteiger partial charge is 0.468 e. The lowest BCUT2D eigenvalue weighted by atomic mass is 10.1. The number of hydrogen-bond donors (Lipinski definition) is 2. The molecule has 0 aromatic heterocycles. The molecule has 1 fully saturated rings. The highest BCUT2D eigenvalue weighted by Crippen LogP contribution is 2.13. The Bertz CT molecular complexity index is 672. The second-order valence-corrected chi connectivity index (χ2v) is 7.37. The Morgan fingerprint density at radius 1 is 1.26 bits per heavy atom. The van der Waals surface area contributed by atoms with E-state index in [4.69, 9.17) is 9.47 Å². The summed E-state index contributed by atoms with van der Waals surface area (Å²) in [6, 6.07) is 7.98. The van der Waals surface area contributed by atoms with Crippen molar-refractivity contribution in [1.29, 1.82) is 0 Å². The highest BCUT2D eigenvalue weighted by atomic mass is 16.6. The minimum atomic E-state index is -0.828. The fourth-order valence-corrected chi connectivity index (χ4v) is 2.75. The zero-order valence-electron chi connectivity index (χ0n) is 16.2. The van der Waals surface area contributed by atoms with E-state index in [1.807, 2.05) is 30.3 Å². The van der Waals surface area contributed by atoms with E-state index in [1.54, 1.807) is 20.8 Å². The van der Waals surface area contributed by atoms with Crippen molar-refractivity contribution in [1.82, 2.24) is 15.8 Å². The molecule has 0 spiro atoms. The maximum atomic E-state index is 12.9.